The van der Waals surface area contributed by atoms with Crippen LogP contribution in [0.5, 0.6) is 0 Å². The number of aliphatic hydroxyl groups is 1. The summed E-state index contributed by atoms with van der Waals surface area (Å²) in [6.07, 6.45) is 0. The predicted octanol–water partition coefficient (Wildman–Crippen LogP) is 0.371. The fourth-order valence-corrected chi connectivity index (χ4v) is 1.71. The number of anilines is 4. The van der Waals surface area contributed by atoms with Gasteiger partial charge in [-0.2, -0.15) is 9.97 Å². The Balaban J connectivity index is 0.00000220. The van der Waals surface area contributed by atoms with Gasteiger partial charge in [0, 0.05) is 27.7 Å². The standard InChI is InChI=1S/C11H18N8O.ClH/c1-12-8-6-7(17-10(13-2)18-8)9(15-4-5-20)19-11(14-3)16-6;/h20H,4-5H2,1-3H3,(H2,12,13,17,18)(H2,14,15,16,19);1H. The lowest BCUT2D eigenvalue weighted by atomic mass is 10.3. The quantitative estimate of drug-likeness (QED) is 0.515. The minimum atomic E-state index is 0. The average molecular weight is 315 g/mol. The number of rotatable bonds is 6. The monoisotopic (exact) mass is 314 g/mol. The van der Waals surface area contributed by atoms with Crippen LogP contribution in [0.1, 0.15) is 0 Å². The van der Waals surface area contributed by atoms with Crippen LogP contribution >= 0.6 is 12.4 Å². The van der Waals surface area contributed by atoms with Crippen molar-refractivity contribution in [2.24, 2.45) is 0 Å². The van der Waals surface area contributed by atoms with Gasteiger partial charge in [-0.05, 0) is 0 Å². The predicted molar refractivity (Wildman–Crippen MR) is 86.6 cm³/mol. The molecule has 2 aromatic rings. The molecule has 5 N–H and O–H groups in total. The highest BCUT2D eigenvalue weighted by Crippen LogP contribution is 2.26. The lowest BCUT2D eigenvalue weighted by molar-refractivity contribution is 0.311. The second-order valence-corrected chi connectivity index (χ2v) is 3.89. The average Bonchev–Trinajstić information content (AvgIpc) is 2.50. The Morgan fingerprint density at radius 2 is 1.33 bits per heavy atom. The zero-order chi connectivity index (χ0) is 14.5. The number of nitrogens with one attached hydrogen (secondary N) is 4. The fourth-order valence-electron chi connectivity index (χ4n) is 1.71. The Morgan fingerprint density at radius 1 is 0.810 bits per heavy atom. The van der Waals surface area contributed by atoms with Gasteiger partial charge in [-0.25, -0.2) is 9.97 Å². The van der Waals surface area contributed by atoms with Crippen LogP contribution in [0, 0.1) is 0 Å². The highest BCUT2D eigenvalue weighted by molar-refractivity contribution is 5.94. The maximum absolute atomic E-state index is 8.95. The molecule has 2 heterocycles. The van der Waals surface area contributed by atoms with E-state index in [0.717, 1.165) is 0 Å². The third kappa shape index (κ3) is 3.50. The molecule has 0 aromatic carbocycles. The van der Waals surface area contributed by atoms with Gasteiger partial charge in [0.1, 0.15) is 11.0 Å². The summed E-state index contributed by atoms with van der Waals surface area (Å²) in [5, 5.41) is 20.8. The van der Waals surface area contributed by atoms with Crippen molar-refractivity contribution in [1.82, 2.24) is 19.9 Å². The van der Waals surface area contributed by atoms with Crippen LogP contribution in [0.3, 0.4) is 0 Å². The van der Waals surface area contributed by atoms with Gasteiger partial charge in [0.2, 0.25) is 11.9 Å². The molecule has 116 valence electrons. The highest BCUT2D eigenvalue weighted by Gasteiger charge is 2.14. The molecule has 0 aliphatic heterocycles. The van der Waals surface area contributed by atoms with Crippen molar-refractivity contribution < 1.29 is 5.11 Å². The lowest BCUT2D eigenvalue weighted by Gasteiger charge is -2.12. The molecule has 0 spiro atoms. The smallest absolute Gasteiger partial charge is 0.225 e. The fraction of sp³-hybridized carbons (Fsp3) is 0.455. The molecule has 0 saturated carbocycles. The Bertz CT molecular complexity index is 608. The molecule has 10 heteroatoms. The summed E-state index contributed by atoms with van der Waals surface area (Å²) in [5.41, 5.74) is 1.19. The Kier molecular flexibility index (Phi) is 6.12. The van der Waals surface area contributed by atoms with E-state index in [0.29, 0.717) is 41.1 Å². The summed E-state index contributed by atoms with van der Waals surface area (Å²) in [7, 11) is 5.24. The first-order valence-electron chi connectivity index (χ1n) is 6.21. The van der Waals surface area contributed by atoms with E-state index in [1.807, 2.05) is 0 Å². The molecule has 0 unspecified atom stereocenters. The summed E-state index contributed by atoms with van der Waals surface area (Å²) in [5.74, 6) is 2.07. The van der Waals surface area contributed by atoms with E-state index in [1.54, 1.807) is 21.1 Å². The topological polar surface area (TPSA) is 120 Å². The molecule has 21 heavy (non-hydrogen) atoms. The van der Waals surface area contributed by atoms with Crippen LogP contribution in [0.2, 0.25) is 0 Å². The lowest BCUT2D eigenvalue weighted by Crippen LogP contribution is -2.12. The number of aromatic nitrogens is 4. The van der Waals surface area contributed by atoms with Gasteiger partial charge in [0.25, 0.3) is 0 Å². The summed E-state index contributed by atoms with van der Waals surface area (Å²) >= 11 is 0. The van der Waals surface area contributed by atoms with Crippen LogP contribution in [0.4, 0.5) is 23.5 Å². The van der Waals surface area contributed by atoms with Crippen molar-refractivity contribution in [2.75, 3.05) is 55.6 Å². The normalized spacial score (nSPS) is 9.90. The van der Waals surface area contributed by atoms with Gasteiger partial charge in [-0.3, -0.25) is 0 Å². The molecule has 0 amide bonds. The first-order valence-corrected chi connectivity index (χ1v) is 6.21. The van der Waals surface area contributed by atoms with Gasteiger partial charge in [-0.15, -0.1) is 12.4 Å². The van der Waals surface area contributed by atoms with E-state index in [-0.39, 0.29) is 19.0 Å². The Hall–Kier alpha value is -2.13. The minimum Gasteiger partial charge on any atom is -0.395 e. The van der Waals surface area contributed by atoms with Crippen LogP contribution in [-0.4, -0.2) is 59.3 Å². The van der Waals surface area contributed by atoms with Gasteiger partial charge in [-0.1, -0.05) is 0 Å². The van der Waals surface area contributed by atoms with Crippen LogP contribution in [-0.2, 0) is 0 Å². The van der Waals surface area contributed by atoms with E-state index >= 15 is 0 Å². The van der Waals surface area contributed by atoms with Crippen molar-refractivity contribution >= 4 is 47.0 Å². The maximum Gasteiger partial charge on any atom is 0.225 e. The largest absolute Gasteiger partial charge is 0.395 e. The molecule has 0 fully saturated rings. The molecule has 0 aliphatic carbocycles. The molecule has 0 saturated heterocycles. The van der Waals surface area contributed by atoms with Gasteiger partial charge in [0.05, 0.1) is 6.61 Å². The molecule has 0 atom stereocenters. The van der Waals surface area contributed by atoms with Gasteiger partial charge < -0.3 is 26.4 Å². The van der Waals surface area contributed by atoms with Crippen molar-refractivity contribution in [1.29, 1.82) is 0 Å². The maximum atomic E-state index is 8.95. The van der Waals surface area contributed by atoms with Gasteiger partial charge in [0.15, 0.2) is 11.6 Å². The van der Waals surface area contributed by atoms with Crippen LogP contribution in [0.25, 0.3) is 11.0 Å². The van der Waals surface area contributed by atoms with Crippen molar-refractivity contribution in [2.45, 2.75) is 0 Å². The zero-order valence-electron chi connectivity index (χ0n) is 12.1. The summed E-state index contributed by atoms with van der Waals surface area (Å²) < 4.78 is 0. The van der Waals surface area contributed by atoms with E-state index in [1.165, 1.54) is 0 Å². The molecule has 0 aliphatic rings. The zero-order valence-corrected chi connectivity index (χ0v) is 12.9. The number of halogens is 1. The molecule has 2 aromatic heterocycles. The first kappa shape index (κ1) is 16.9. The summed E-state index contributed by atoms with van der Waals surface area (Å²) in [4.78, 5) is 17.4. The molecule has 0 bridgehead atoms. The molecular weight excluding hydrogens is 296 g/mol. The van der Waals surface area contributed by atoms with Crippen molar-refractivity contribution in [3.63, 3.8) is 0 Å². The van der Waals surface area contributed by atoms with Gasteiger partial charge >= 0.3 is 0 Å². The SMILES string of the molecule is CNc1nc(NCCO)c2nc(NC)nc(NC)c2n1.Cl. The third-order valence-electron chi connectivity index (χ3n) is 2.63. The number of fused-ring (bicyclic) bond motifs is 1. The molecule has 0 radical (unpaired) electrons. The number of nitrogens with zero attached hydrogens (tertiary/aromatic N) is 4. The Morgan fingerprint density at radius 3 is 1.81 bits per heavy atom. The number of hydrogen-bond acceptors (Lipinski definition) is 9. The molecular formula is C11H19ClN8O. The van der Waals surface area contributed by atoms with E-state index in [4.69, 9.17) is 5.11 Å². The number of hydrogen-bond donors (Lipinski definition) is 5. The van der Waals surface area contributed by atoms with E-state index in [2.05, 4.69) is 41.2 Å². The first-order chi connectivity index (χ1) is 9.73. The minimum absolute atomic E-state index is 0. The highest BCUT2D eigenvalue weighted by atomic mass is 35.5. The van der Waals surface area contributed by atoms with Crippen molar-refractivity contribution in [3.8, 4) is 0 Å². The second-order valence-electron chi connectivity index (χ2n) is 3.89. The van der Waals surface area contributed by atoms with Crippen LogP contribution in [0.15, 0.2) is 0 Å². The molecule has 9 nitrogen and oxygen atoms in total. The number of aliphatic hydroxyl groups excluding tert-OH is 1. The Labute approximate surface area is 128 Å². The third-order valence-corrected chi connectivity index (χ3v) is 2.63. The van der Waals surface area contributed by atoms with E-state index < -0.39 is 0 Å². The molecule has 2 rings (SSSR count). The van der Waals surface area contributed by atoms with Crippen molar-refractivity contribution in [3.05, 3.63) is 0 Å². The summed E-state index contributed by atoms with van der Waals surface area (Å²) in [6, 6.07) is 0. The summed E-state index contributed by atoms with van der Waals surface area (Å²) in [6.45, 7) is 0.381. The van der Waals surface area contributed by atoms with E-state index in [9.17, 15) is 0 Å². The second kappa shape index (κ2) is 7.60. The van der Waals surface area contributed by atoms with Crippen LogP contribution < -0.4 is 21.3 Å².